The Kier molecular flexibility index (Phi) is 5.06. The number of rotatable bonds is 4. The molecule has 0 amide bonds. The van der Waals surface area contributed by atoms with E-state index in [1.54, 1.807) is 0 Å². The van der Waals surface area contributed by atoms with Crippen LogP contribution in [0.4, 0.5) is 0 Å². The number of hydrogen-bond donors (Lipinski definition) is 0. The Labute approximate surface area is 215 Å². The predicted molar refractivity (Wildman–Crippen MR) is 155 cm³/mol. The zero-order valence-corrected chi connectivity index (χ0v) is 20.9. The molecule has 1 aliphatic rings. The Balaban J connectivity index is 1.60. The summed E-state index contributed by atoms with van der Waals surface area (Å²) in [6, 6.07) is 42.5. The summed E-state index contributed by atoms with van der Waals surface area (Å²) >= 11 is 0. The highest BCUT2D eigenvalue weighted by atomic mass is 31.2. The first-order chi connectivity index (χ1) is 18.2. The summed E-state index contributed by atoms with van der Waals surface area (Å²) < 4.78 is 17.8. The van der Waals surface area contributed by atoms with Gasteiger partial charge in [-0.25, -0.2) is 4.98 Å². The summed E-state index contributed by atoms with van der Waals surface area (Å²) in [5, 5.41) is 2.51. The summed E-state index contributed by atoms with van der Waals surface area (Å²) in [6.07, 6.45) is 4.18. The van der Waals surface area contributed by atoms with Crippen molar-refractivity contribution in [2.75, 3.05) is 0 Å². The minimum atomic E-state index is -3.21. The van der Waals surface area contributed by atoms with Crippen molar-refractivity contribution in [1.82, 2.24) is 9.55 Å². The van der Waals surface area contributed by atoms with Gasteiger partial charge in [0.25, 0.3) is 0 Å². The van der Waals surface area contributed by atoms with Gasteiger partial charge in [0.1, 0.15) is 5.82 Å². The number of nitrogens with zero attached hydrogens (tertiary/aromatic N) is 2. The van der Waals surface area contributed by atoms with Gasteiger partial charge < -0.3 is 4.57 Å². The molecule has 6 aromatic rings. The number of fused-ring (bicyclic) bond motifs is 2. The molecule has 0 spiro atoms. The minimum Gasteiger partial charge on any atom is -0.308 e. The molecule has 7 rings (SSSR count). The van der Waals surface area contributed by atoms with E-state index in [0.717, 1.165) is 55.1 Å². The number of aromatic nitrogens is 2. The van der Waals surface area contributed by atoms with E-state index in [0.29, 0.717) is 0 Å². The molecule has 0 aliphatic carbocycles. The van der Waals surface area contributed by atoms with E-state index in [2.05, 4.69) is 53.1 Å². The first-order valence-corrected chi connectivity index (χ1v) is 14.1. The molecule has 37 heavy (non-hydrogen) atoms. The Hall–Kier alpha value is -4.46. The van der Waals surface area contributed by atoms with Gasteiger partial charge in [0.2, 0.25) is 0 Å². The maximum absolute atomic E-state index is 15.6. The molecule has 5 aromatic carbocycles. The van der Waals surface area contributed by atoms with Crippen molar-refractivity contribution in [3.05, 3.63) is 139 Å². The largest absolute Gasteiger partial charge is 0.308 e. The highest BCUT2D eigenvalue weighted by molar-refractivity contribution is 7.86. The second-order valence-corrected chi connectivity index (χ2v) is 11.8. The smallest absolute Gasteiger partial charge is 0.175 e. The first-order valence-electron chi connectivity index (χ1n) is 12.4. The fraction of sp³-hybridized carbons (Fsp3) is 0. The van der Waals surface area contributed by atoms with Crippen LogP contribution in [0.3, 0.4) is 0 Å². The molecule has 4 heteroatoms. The lowest BCUT2D eigenvalue weighted by molar-refractivity contribution is 0.592. The van der Waals surface area contributed by atoms with Crippen LogP contribution in [0.1, 0.15) is 11.1 Å². The molecule has 0 fully saturated rings. The van der Waals surface area contributed by atoms with Crippen LogP contribution in [0, 0.1) is 0 Å². The Bertz CT molecular complexity index is 1840. The molecule has 3 nitrogen and oxygen atoms in total. The highest BCUT2D eigenvalue weighted by Gasteiger charge is 2.41. The zero-order chi connectivity index (χ0) is 24.8. The van der Waals surface area contributed by atoms with Gasteiger partial charge in [-0.2, -0.15) is 0 Å². The van der Waals surface area contributed by atoms with E-state index in [9.17, 15) is 0 Å². The highest BCUT2D eigenvalue weighted by Crippen LogP contribution is 2.51. The van der Waals surface area contributed by atoms with Gasteiger partial charge in [0.05, 0.1) is 22.0 Å². The average molecular weight is 495 g/mol. The molecule has 0 bridgehead atoms. The van der Waals surface area contributed by atoms with Gasteiger partial charge in [-0.05, 0) is 29.3 Å². The standard InChI is InChI=1S/C33H23N2OP/c36-37(27-17-8-3-9-18-27)30-21-11-19-28-31(30)35(33(34-28)26-14-6-2-7-15-26)29-20-10-16-25(32(29)37)23-22-24-12-4-1-5-13-24/h1-23H/b23-22+. The SMILES string of the molecule is O=P1(c2ccccc2)c2c(/C=C/c3ccccc3)cccc2-n2c(-c3ccccc3)nc3cccc1c32. The van der Waals surface area contributed by atoms with Crippen molar-refractivity contribution in [3.8, 4) is 17.1 Å². The molecule has 1 unspecified atom stereocenters. The molecule has 0 radical (unpaired) electrons. The summed E-state index contributed by atoms with van der Waals surface area (Å²) in [5.74, 6) is 0.854. The number of hydrogen-bond acceptors (Lipinski definition) is 2. The molecule has 1 atom stereocenters. The minimum absolute atomic E-state index is 0.832. The van der Waals surface area contributed by atoms with Crippen LogP contribution in [0.5, 0.6) is 0 Å². The Morgan fingerprint density at radius 1 is 0.649 bits per heavy atom. The van der Waals surface area contributed by atoms with Gasteiger partial charge in [0.15, 0.2) is 7.14 Å². The molecule has 2 heterocycles. The van der Waals surface area contributed by atoms with Gasteiger partial charge in [-0.3, -0.25) is 4.57 Å². The zero-order valence-electron chi connectivity index (χ0n) is 20.0. The van der Waals surface area contributed by atoms with Gasteiger partial charge in [0, 0.05) is 16.2 Å². The van der Waals surface area contributed by atoms with E-state index >= 15 is 4.57 Å². The topological polar surface area (TPSA) is 34.9 Å². The van der Waals surface area contributed by atoms with Gasteiger partial charge >= 0.3 is 0 Å². The third-order valence-corrected chi connectivity index (χ3v) is 10.2. The summed E-state index contributed by atoms with van der Waals surface area (Å²) in [7, 11) is -3.21. The predicted octanol–water partition coefficient (Wildman–Crippen LogP) is 6.82. The summed E-state index contributed by atoms with van der Waals surface area (Å²) in [5.41, 5.74) is 5.76. The monoisotopic (exact) mass is 494 g/mol. The van der Waals surface area contributed by atoms with E-state index in [4.69, 9.17) is 4.98 Å². The number of para-hydroxylation sites is 1. The molecule has 1 aromatic heterocycles. The van der Waals surface area contributed by atoms with Crippen LogP contribution in [-0.4, -0.2) is 9.55 Å². The summed E-state index contributed by atoms with van der Waals surface area (Å²) in [6.45, 7) is 0. The molecule has 1 aliphatic heterocycles. The van der Waals surface area contributed by atoms with Crippen LogP contribution in [-0.2, 0) is 4.57 Å². The fourth-order valence-corrected chi connectivity index (χ4v) is 8.55. The molecule has 0 N–H and O–H groups in total. The second-order valence-electron chi connectivity index (χ2n) is 9.19. The van der Waals surface area contributed by atoms with Crippen molar-refractivity contribution in [2.45, 2.75) is 0 Å². The van der Waals surface area contributed by atoms with Crippen LogP contribution in [0.25, 0.3) is 40.3 Å². The fourth-order valence-electron chi connectivity index (χ4n) is 5.36. The van der Waals surface area contributed by atoms with Crippen LogP contribution in [0.2, 0.25) is 0 Å². The molecular weight excluding hydrogens is 471 g/mol. The van der Waals surface area contributed by atoms with Crippen LogP contribution < -0.4 is 15.9 Å². The Morgan fingerprint density at radius 3 is 2.08 bits per heavy atom. The van der Waals surface area contributed by atoms with Gasteiger partial charge in [-0.15, -0.1) is 0 Å². The average Bonchev–Trinajstić information content (AvgIpc) is 3.36. The maximum atomic E-state index is 15.6. The molecule has 0 saturated heterocycles. The molecule has 176 valence electrons. The van der Waals surface area contributed by atoms with Crippen LogP contribution >= 0.6 is 7.14 Å². The normalized spacial score (nSPS) is 16.2. The maximum Gasteiger partial charge on any atom is 0.175 e. The van der Waals surface area contributed by atoms with E-state index in [-0.39, 0.29) is 0 Å². The third-order valence-electron chi connectivity index (χ3n) is 7.00. The van der Waals surface area contributed by atoms with Crippen molar-refractivity contribution in [1.29, 1.82) is 0 Å². The van der Waals surface area contributed by atoms with E-state index < -0.39 is 7.14 Å². The lowest BCUT2D eigenvalue weighted by Crippen LogP contribution is -2.34. The Morgan fingerprint density at radius 2 is 1.32 bits per heavy atom. The lowest BCUT2D eigenvalue weighted by atomic mass is 10.1. The van der Waals surface area contributed by atoms with Crippen molar-refractivity contribution >= 4 is 46.2 Å². The first kappa shape index (κ1) is 21.8. The van der Waals surface area contributed by atoms with Crippen molar-refractivity contribution in [3.63, 3.8) is 0 Å². The van der Waals surface area contributed by atoms with Crippen molar-refractivity contribution < 1.29 is 4.57 Å². The van der Waals surface area contributed by atoms with Crippen LogP contribution in [0.15, 0.2) is 127 Å². The quantitative estimate of drug-likeness (QED) is 0.199. The lowest BCUT2D eigenvalue weighted by Gasteiger charge is -2.30. The number of benzene rings is 5. The van der Waals surface area contributed by atoms with Gasteiger partial charge in [-0.1, -0.05) is 121 Å². The van der Waals surface area contributed by atoms with E-state index in [1.165, 1.54) is 0 Å². The van der Waals surface area contributed by atoms with Crippen molar-refractivity contribution in [2.24, 2.45) is 0 Å². The number of imidazole rings is 1. The summed E-state index contributed by atoms with van der Waals surface area (Å²) in [4.78, 5) is 5.06. The third kappa shape index (κ3) is 3.36. The second kappa shape index (κ2) is 8.58. The molecular formula is C33H23N2OP. The molecule has 0 saturated carbocycles. The van der Waals surface area contributed by atoms with E-state index in [1.807, 2.05) is 91.0 Å².